The molecule has 2 amide bonds. The van der Waals surface area contributed by atoms with Crippen molar-refractivity contribution >= 4 is 6.03 Å². The van der Waals surface area contributed by atoms with Gasteiger partial charge in [-0.05, 0) is 26.6 Å². The summed E-state index contributed by atoms with van der Waals surface area (Å²) in [7, 11) is 5.65. The normalized spacial score (nSPS) is 13.9. The Kier molecular flexibility index (Phi) is 6.48. The van der Waals surface area contributed by atoms with Gasteiger partial charge < -0.3 is 20.2 Å². The van der Waals surface area contributed by atoms with E-state index in [0.717, 1.165) is 5.56 Å². The summed E-state index contributed by atoms with van der Waals surface area (Å²) in [6, 6.07) is 10.0. The number of aliphatic hydroxyl groups excluding tert-OH is 1. The summed E-state index contributed by atoms with van der Waals surface area (Å²) in [4.78, 5) is 15.5. The zero-order valence-electron chi connectivity index (χ0n) is 12.7. The van der Waals surface area contributed by atoms with E-state index in [1.165, 1.54) is 4.90 Å². The fourth-order valence-corrected chi connectivity index (χ4v) is 2.07. The monoisotopic (exact) mass is 279 g/mol. The molecule has 1 aromatic rings. The average Bonchev–Trinajstić information content (AvgIpc) is 2.38. The van der Waals surface area contributed by atoms with Crippen LogP contribution in [-0.2, 0) is 0 Å². The quantitative estimate of drug-likeness (QED) is 0.825. The zero-order chi connectivity index (χ0) is 15.1. The number of nitrogens with zero attached hydrogens (tertiary/aromatic N) is 2. The Balaban J connectivity index is 2.58. The number of likely N-dealkylation sites (N-methyl/N-ethyl adjacent to an activating group) is 2. The van der Waals surface area contributed by atoms with E-state index < -0.39 is 6.10 Å². The maximum atomic E-state index is 11.9. The fraction of sp³-hybridized carbons (Fsp3) is 0.533. The lowest BCUT2D eigenvalue weighted by atomic mass is 10.1. The number of nitrogens with one attached hydrogen (secondary N) is 1. The fourth-order valence-electron chi connectivity index (χ4n) is 2.07. The molecule has 2 N–H and O–H groups in total. The van der Waals surface area contributed by atoms with Gasteiger partial charge in [-0.3, -0.25) is 0 Å². The molecule has 20 heavy (non-hydrogen) atoms. The molecule has 0 aromatic heterocycles. The first-order valence-electron chi connectivity index (χ1n) is 6.80. The van der Waals surface area contributed by atoms with Crippen LogP contribution in [0, 0.1) is 0 Å². The maximum absolute atomic E-state index is 11.9. The molecule has 112 valence electrons. The SMILES string of the molecule is CC(O)CN(C)C(=O)NCC(c1ccccc1)N(C)C. The molecule has 0 aliphatic rings. The Bertz CT molecular complexity index is 407. The molecular weight excluding hydrogens is 254 g/mol. The molecule has 0 spiro atoms. The van der Waals surface area contributed by atoms with Crippen LogP contribution in [0.25, 0.3) is 0 Å². The van der Waals surface area contributed by atoms with Crippen molar-refractivity contribution in [3.05, 3.63) is 35.9 Å². The number of benzene rings is 1. The number of carbonyl (C=O) groups is 1. The van der Waals surface area contributed by atoms with Crippen molar-refractivity contribution in [1.29, 1.82) is 0 Å². The predicted molar refractivity (Wildman–Crippen MR) is 80.6 cm³/mol. The number of carbonyl (C=O) groups excluding carboxylic acids is 1. The van der Waals surface area contributed by atoms with Crippen molar-refractivity contribution in [2.45, 2.75) is 19.1 Å². The molecule has 0 aliphatic heterocycles. The summed E-state index contributed by atoms with van der Waals surface area (Å²) in [5, 5.41) is 12.2. The first-order chi connectivity index (χ1) is 9.41. The molecule has 5 heteroatoms. The number of urea groups is 1. The molecule has 2 atom stereocenters. The molecule has 0 heterocycles. The topological polar surface area (TPSA) is 55.8 Å². The smallest absolute Gasteiger partial charge is 0.317 e. The van der Waals surface area contributed by atoms with Gasteiger partial charge in [0.25, 0.3) is 0 Å². The van der Waals surface area contributed by atoms with Gasteiger partial charge >= 0.3 is 6.03 Å². The number of rotatable bonds is 6. The zero-order valence-corrected chi connectivity index (χ0v) is 12.7. The van der Waals surface area contributed by atoms with Crippen LogP contribution in [0.2, 0.25) is 0 Å². The van der Waals surface area contributed by atoms with Gasteiger partial charge in [0.05, 0.1) is 12.1 Å². The summed E-state index contributed by atoms with van der Waals surface area (Å²) in [5.41, 5.74) is 1.16. The van der Waals surface area contributed by atoms with Crippen molar-refractivity contribution in [2.24, 2.45) is 0 Å². The number of hydrogen-bond acceptors (Lipinski definition) is 3. The number of aliphatic hydroxyl groups is 1. The van der Waals surface area contributed by atoms with Gasteiger partial charge in [-0.2, -0.15) is 0 Å². The van der Waals surface area contributed by atoms with E-state index in [1.807, 2.05) is 32.3 Å². The highest BCUT2D eigenvalue weighted by molar-refractivity contribution is 5.73. The Hall–Kier alpha value is -1.59. The van der Waals surface area contributed by atoms with Crippen molar-refractivity contribution in [3.8, 4) is 0 Å². The van der Waals surface area contributed by atoms with Gasteiger partial charge in [0, 0.05) is 20.1 Å². The molecular formula is C15H25N3O2. The molecule has 0 aliphatic carbocycles. The molecule has 0 bridgehead atoms. The van der Waals surface area contributed by atoms with Crippen LogP contribution in [-0.4, -0.2) is 61.3 Å². The van der Waals surface area contributed by atoms with Crippen molar-refractivity contribution in [2.75, 3.05) is 34.2 Å². The summed E-state index contributed by atoms with van der Waals surface area (Å²) in [6.07, 6.45) is -0.524. The van der Waals surface area contributed by atoms with Crippen LogP contribution >= 0.6 is 0 Å². The largest absolute Gasteiger partial charge is 0.392 e. The van der Waals surface area contributed by atoms with Crippen LogP contribution < -0.4 is 5.32 Å². The molecule has 1 rings (SSSR count). The third kappa shape index (κ3) is 5.19. The summed E-state index contributed by atoms with van der Waals surface area (Å²) >= 11 is 0. The first-order valence-corrected chi connectivity index (χ1v) is 6.80. The van der Waals surface area contributed by atoms with Crippen LogP contribution in [0.5, 0.6) is 0 Å². The third-order valence-corrected chi connectivity index (χ3v) is 3.14. The number of amides is 2. The number of hydrogen-bond donors (Lipinski definition) is 2. The third-order valence-electron chi connectivity index (χ3n) is 3.14. The van der Waals surface area contributed by atoms with Gasteiger partial charge in [-0.15, -0.1) is 0 Å². The molecule has 1 aromatic carbocycles. The van der Waals surface area contributed by atoms with Gasteiger partial charge in [-0.1, -0.05) is 30.3 Å². The lowest BCUT2D eigenvalue weighted by Crippen LogP contribution is -2.43. The van der Waals surface area contributed by atoms with E-state index in [4.69, 9.17) is 0 Å². The van der Waals surface area contributed by atoms with E-state index >= 15 is 0 Å². The highest BCUT2D eigenvalue weighted by Crippen LogP contribution is 2.16. The molecule has 2 unspecified atom stereocenters. The first kappa shape index (κ1) is 16.5. The van der Waals surface area contributed by atoms with E-state index in [2.05, 4.69) is 22.3 Å². The Morgan fingerprint density at radius 1 is 1.25 bits per heavy atom. The van der Waals surface area contributed by atoms with Gasteiger partial charge in [0.15, 0.2) is 0 Å². The second-order valence-electron chi connectivity index (χ2n) is 5.31. The summed E-state index contributed by atoms with van der Waals surface area (Å²) in [6.45, 7) is 2.51. The van der Waals surface area contributed by atoms with Crippen molar-refractivity contribution in [3.63, 3.8) is 0 Å². The Labute approximate surface area is 121 Å². The maximum Gasteiger partial charge on any atom is 0.317 e. The second kappa shape index (κ2) is 7.87. The van der Waals surface area contributed by atoms with E-state index in [9.17, 15) is 9.90 Å². The highest BCUT2D eigenvalue weighted by Gasteiger charge is 2.16. The molecule has 0 fully saturated rings. The van der Waals surface area contributed by atoms with E-state index in [-0.39, 0.29) is 12.1 Å². The molecule has 0 saturated heterocycles. The standard InChI is InChI=1S/C15H25N3O2/c1-12(19)11-18(4)15(20)16-10-14(17(2)3)13-8-6-5-7-9-13/h5-9,12,14,19H,10-11H2,1-4H3,(H,16,20). The minimum absolute atomic E-state index is 0.125. The van der Waals surface area contributed by atoms with Gasteiger partial charge in [0.1, 0.15) is 0 Å². The lowest BCUT2D eigenvalue weighted by Gasteiger charge is -2.27. The van der Waals surface area contributed by atoms with Crippen molar-refractivity contribution in [1.82, 2.24) is 15.1 Å². The average molecular weight is 279 g/mol. The van der Waals surface area contributed by atoms with E-state index in [0.29, 0.717) is 13.1 Å². The van der Waals surface area contributed by atoms with Crippen LogP contribution in [0.3, 0.4) is 0 Å². The second-order valence-corrected chi connectivity index (χ2v) is 5.31. The summed E-state index contributed by atoms with van der Waals surface area (Å²) in [5.74, 6) is 0. The summed E-state index contributed by atoms with van der Waals surface area (Å²) < 4.78 is 0. The molecule has 5 nitrogen and oxygen atoms in total. The Morgan fingerprint density at radius 2 is 1.85 bits per heavy atom. The Morgan fingerprint density at radius 3 is 2.35 bits per heavy atom. The predicted octanol–water partition coefficient (Wildman–Crippen LogP) is 1.31. The van der Waals surface area contributed by atoms with Gasteiger partial charge in [-0.25, -0.2) is 4.79 Å². The van der Waals surface area contributed by atoms with Crippen LogP contribution in [0.4, 0.5) is 4.79 Å². The van der Waals surface area contributed by atoms with Crippen LogP contribution in [0.1, 0.15) is 18.5 Å². The minimum Gasteiger partial charge on any atom is -0.392 e. The van der Waals surface area contributed by atoms with Crippen LogP contribution in [0.15, 0.2) is 30.3 Å². The lowest BCUT2D eigenvalue weighted by molar-refractivity contribution is 0.142. The van der Waals surface area contributed by atoms with Gasteiger partial charge in [0.2, 0.25) is 0 Å². The molecule has 0 saturated carbocycles. The van der Waals surface area contributed by atoms with Crippen molar-refractivity contribution < 1.29 is 9.90 Å². The van der Waals surface area contributed by atoms with E-state index in [1.54, 1.807) is 14.0 Å². The molecule has 0 radical (unpaired) electrons. The highest BCUT2D eigenvalue weighted by atomic mass is 16.3. The minimum atomic E-state index is -0.524.